The molecule has 1 amide bonds. The van der Waals surface area contributed by atoms with Gasteiger partial charge in [0.25, 0.3) is 11.6 Å². The van der Waals surface area contributed by atoms with Gasteiger partial charge in [0.05, 0.1) is 4.92 Å². The van der Waals surface area contributed by atoms with Crippen molar-refractivity contribution in [3.05, 3.63) is 81.4 Å². The molecule has 0 radical (unpaired) electrons. The Hall–Kier alpha value is -3.12. The van der Waals surface area contributed by atoms with Crippen molar-refractivity contribution < 1.29 is 9.72 Å². The van der Waals surface area contributed by atoms with Crippen LogP contribution < -0.4 is 10.6 Å². The van der Waals surface area contributed by atoms with Crippen LogP contribution in [0.5, 0.6) is 0 Å². The number of halogens is 1. The van der Waals surface area contributed by atoms with Crippen LogP contribution in [0.1, 0.15) is 10.4 Å². The summed E-state index contributed by atoms with van der Waals surface area (Å²) < 4.78 is 0. The molecule has 0 aromatic heterocycles. The Bertz CT molecular complexity index is 970. The van der Waals surface area contributed by atoms with Crippen molar-refractivity contribution in [2.24, 2.45) is 0 Å². The summed E-state index contributed by atoms with van der Waals surface area (Å²) in [5.41, 5.74) is 0.859. The molecule has 0 aliphatic rings. The number of nitrogens with zero attached hydrogens (tertiary/aromatic N) is 1. The molecule has 2 N–H and O–H groups in total. The second-order valence-corrected chi connectivity index (χ2v) is 6.06. The number of rotatable bonds is 6. The van der Waals surface area contributed by atoms with E-state index >= 15 is 0 Å². The van der Waals surface area contributed by atoms with Crippen molar-refractivity contribution in [3.63, 3.8) is 0 Å². The Morgan fingerprint density at radius 1 is 1.04 bits per heavy atom. The highest BCUT2D eigenvalue weighted by atomic mass is 35.5. The molecule has 132 valence electrons. The van der Waals surface area contributed by atoms with Gasteiger partial charge in [-0.3, -0.25) is 14.9 Å². The average molecular weight is 370 g/mol. The molecule has 0 fully saturated rings. The second-order valence-electron chi connectivity index (χ2n) is 5.63. The summed E-state index contributed by atoms with van der Waals surface area (Å²) in [5, 5.41) is 19.0. The molecule has 3 rings (SSSR count). The molecule has 0 spiro atoms. The summed E-state index contributed by atoms with van der Waals surface area (Å²) in [6, 6.07) is 17.6. The summed E-state index contributed by atoms with van der Waals surface area (Å²) in [5.74, 6) is -0.186. The van der Waals surface area contributed by atoms with Gasteiger partial charge in [-0.25, -0.2) is 0 Å². The van der Waals surface area contributed by atoms with Crippen LogP contribution in [0, 0.1) is 10.1 Å². The van der Waals surface area contributed by atoms with Crippen molar-refractivity contribution in [2.75, 3.05) is 18.4 Å². The zero-order valence-electron chi connectivity index (χ0n) is 13.7. The minimum Gasteiger partial charge on any atom is -0.378 e. The highest BCUT2D eigenvalue weighted by Gasteiger charge is 2.14. The number of amides is 1. The van der Waals surface area contributed by atoms with Gasteiger partial charge in [0.2, 0.25) is 0 Å². The number of carbonyl (C=O) groups excluding carboxylic acids is 1. The number of fused-ring (bicyclic) bond motifs is 1. The molecule has 0 aliphatic heterocycles. The fourth-order valence-corrected chi connectivity index (χ4v) is 2.86. The third-order valence-electron chi connectivity index (χ3n) is 3.92. The molecule has 0 unspecified atom stereocenters. The van der Waals surface area contributed by atoms with Crippen LogP contribution in [0.3, 0.4) is 0 Å². The maximum Gasteiger partial charge on any atom is 0.293 e. The van der Waals surface area contributed by atoms with Gasteiger partial charge in [0.1, 0.15) is 5.69 Å². The number of nitro benzene ring substituents is 1. The Labute approximate surface area is 154 Å². The Balaban J connectivity index is 1.62. The van der Waals surface area contributed by atoms with Gasteiger partial charge in [0, 0.05) is 29.7 Å². The number of hydrogen-bond acceptors (Lipinski definition) is 4. The first-order chi connectivity index (χ1) is 12.6. The van der Waals surface area contributed by atoms with Gasteiger partial charge >= 0.3 is 0 Å². The van der Waals surface area contributed by atoms with Crippen LogP contribution in [-0.2, 0) is 0 Å². The van der Waals surface area contributed by atoms with Gasteiger partial charge in [0.15, 0.2) is 0 Å². The van der Waals surface area contributed by atoms with Crippen LogP contribution in [0.25, 0.3) is 10.8 Å². The SMILES string of the molecule is O=C(NCCNc1ccc(Cl)cc1[N+](=O)[O-])c1cccc2ccccc12. The molecule has 26 heavy (non-hydrogen) atoms. The maximum atomic E-state index is 12.4. The molecule has 0 aliphatic carbocycles. The fourth-order valence-electron chi connectivity index (χ4n) is 2.70. The van der Waals surface area contributed by atoms with E-state index in [2.05, 4.69) is 10.6 Å². The second kappa shape index (κ2) is 7.84. The van der Waals surface area contributed by atoms with Gasteiger partial charge in [-0.15, -0.1) is 0 Å². The highest BCUT2D eigenvalue weighted by Crippen LogP contribution is 2.27. The van der Waals surface area contributed by atoms with E-state index in [0.717, 1.165) is 10.8 Å². The van der Waals surface area contributed by atoms with Gasteiger partial charge in [-0.2, -0.15) is 0 Å². The van der Waals surface area contributed by atoms with E-state index in [9.17, 15) is 14.9 Å². The first-order valence-electron chi connectivity index (χ1n) is 8.00. The van der Waals surface area contributed by atoms with E-state index in [1.165, 1.54) is 6.07 Å². The Morgan fingerprint density at radius 3 is 2.62 bits per heavy atom. The van der Waals surface area contributed by atoms with Crippen molar-refractivity contribution >= 4 is 39.7 Å². The van der Waals surface area contributed by atoms with E-state index in [1.54, 1.807) is 18.2 Å². The van der Waals surface area contributed by atoms with Crippen molar-refractivity contribution in [3.8, 4) is 0 Å². The van der Waals surface area contributed by atoms with E-state index in [4.69, 9.17) is 11.6 Å². The molecule has 3 aromatic rings. The number of hydrogen-bond donors (Lipinski definition) is 2. The summed E-state index contributed by atoms with van der Waals surface area (Å²) in [7, 11) is 0. The molecule has 0 saturated carbocycles. The lowest BCUT2D eigenvalue weighted by Gasteiger charge is -2.10. The number of carbonyl (C=O) groups is 1. The first-order valence-corrected chi connectivity index (χ1v) is 8.38. The molecular weight excluding hydrogens is 354 g/mol. The fraction of sp³-hybridized carbons (Fsp3) is 0.105. The number of benzene rings is 3. The lowest BCUT2D eigenvalue weighted by Crippen LogP contribution is -2.29. The van der Waals surface area contributed by atoms with Crippen LogP contribution in [0.15, 0.2) is 60.7 Å². The summed E-state index contributed by atoms with van der Waals surface area (Å²) in [6.07, 6.45) is 0. The minimum atomic E-state index is -0.497. The Morgan fingerprint density at radius 2 is 1.81 bits per heavy atom. The number of nitro groups is 1. The van der Waals surface area contributed by atoms with Crippen LogP contribution >= 0.6 is 11.6 Å². The van der Waals surface area contributed by atoms with Gasteiger partial charge in [-0.05, 0) is 29.0 Å². The van der Waals surface area contributed by atoms with Crippen molar-refractivity contribution in [1.29, 1.82) is 0 Å². The average Bonchev–Trinajstić information content (AvgIpc) is 2.65. The monoisotopic (exact) mass is 369 g/mol. The largest absolute Gasteiger partial charge is 0.378 e. The van der Waals surface area contributed by atoms with Gasteiger partial charge < -0.3 is 10.6 Å². The minimum absolute atomic E-state index is 0.0992. The lowest BCUT2D eigenvalue weighted by atomic mass is 10.0. The van der Waals surface area contributed by atoms with Crippen LogP contribution in [0.4, 0.5) is 11.4 Å². The first kappa shape index (κ1) is 17.7. The zero-order chi connectivity index (χ0) is 18.5. The highest BCUT2D eigenvalue weighted by molar-refractivity contribution is 6.30. The standard InChI is InChI=1S/C19H16ClN3O3/c20-14-8-9-17(18(12-14)23(25)26)21-10-11-22-19(24)16-7-3-5-13-4-1-2-6-15(13)16/h1-9,12,21H,10-11H2,(H,22,24). The summed E-state index contributed by atoms with van der Waals surface area (Å²) in [6.45, 7) is 0.667. The molecule has 3 aromatic carbocycles. The third kappa shape index (κ3) is 3.92. The molecule has 0 bridgehead atoms. The van der Waals surface area contributed by atoms with Crippen molar-refractivity contribution in [2.45, 2.75) is 0 Å². The molecule has 0 heterocycles. The smallest absolute Gasteiger partial charge is 0.293 e. The molecule has 7 heteroatoms. The normalized spacial score (nSPS) is 10.5. The third-order valence-corrected chi connectivity index (χ3v) is 4.15. The summed E-state index contributed by atoms with van der Waals surface area (Å²) in [4.78, 5) is 23.0. The van der Waals surface area contributed by atoms with Crippen molar-refractivity contribution in [1.82, 2.24) is 5.32 Å². The molecule has 0 saturated heterocycles. The van der Waals surface area contributed by atoms with E-state index in [-0.39, 0.29) is 11.6 Å². The summed E-state index contributed by atoms with van der Waals surface area (Å²) >= 11 is 5.79. The van der Waals surface area contributed by atoms with E-state index in [0.29, 0.717) is 29.4 Å². The molecular formula is C19H16ClN3O3. The van der Waals surface area contributed by atoms with E-state index < -0.39 is 4.92 Å². The van der Waals surface area contributed by atoms with Gasteiger partial charge in [-0.1, -0.05) is 48.0 Å². The Kier molecular flexibility index (Phi) is 5.34. The number of nitrogens with one attached hydrogen (secondary N) is 2. The quantitative estimate of drug-likeness (QED) is 0.386. The maximum absolute atomic E-state index is 12.4. The van der Waals surface area contributed by atoms with Crippen LogP contribution in [-0.4, -0.2) is 23.9 Å². The van der Waals surface area contributed by atoms with E-state index in [1.807, 2.05) is 36.4 Å². The molecule has 0 atom stereocenters. The molecule has 6 nitrogen and oxygen atoms in total. The predicted octanol–water partition coefficient (Wildman–Crippen LogP) is 4.24. The van der Waals surface area contributed by atoms with Crippen LogP contribution in [0.2, 0.25) is 5.02 Å². The zero-order valence-corrected chi connectivity index (χ0v) is 14.5. The number of anilines is 1. The topological polar surface area (TPSA) is 84.3 Å². The predicted molar refractivity (Wildman–Crippen MR) is 103 cm³/mol. The lowest BCUT2D eigenvalue weighted by molar-refractivity contribution is -0.383.